The first-order valence-electron chi connectivity index (χ1n) is 8.24. The summed E-state index contributed by atoms with van der Waals surface area (Å²) in [5.74, 6) is -0.250. The highest BCUT2D eigenvalue weighted by atomic mass is 32.1. The van der Waals surface area contributed by atoms with Gasteiger partial charge in [0.05, 0.1) is 6.04 Å². The number of anilines is 1. The molecule has 1 aromatic heterocycles. The molecule has 3 rings (SSSR count). The number of hydrogen-bond acceptors (Lipinski definition) is 3. The summed E-state index contributed by atoms with van der Waals surface area (Å²) in [5, 5.41) is 9.22. The lowest BCUT2D eigenvalue weighted by atomic mass is 10.1. The third kappa shape index (κ3) is 4.32. The number of rotatable bonds is 5. The average Bonchev–Trinajstić information content (AvgIpc) is 3.24. The average molecular weight is 364 g/mol. The summed E-state index contributed by atoms with van der Waals surface area (Å²) in [4.78, 5) is 3.89. The van der Waals surface area contributed by atoms with Crippen molar-refractivity contribution in [3.63, 3.8) is 0 Å². The van der Waals surface area contributed by atoms with Crippen molar-refractivity contribution in [2.75, 3.05) is 18.4 Å². The maximum absolute atomic E-state index is 13.0. The Kier molecular flexibility index (Phi) is 5.81. The van der Waals surface area contributed by atoms with Gasteiger partial charge >= 0.3 is 0 Å². The van der Waals surface area contributed by atoms with E-state index in [1.165, 1.54) is 29.9 Å². The van der Waals surface area contributed by atoms with E-state index in [2.05, 4.69) is 40.0 Å². The van der Waals surface area contributed by atoms with Gasteiger partial charge in [0.15, 0.2) is 5.11 Å². The van der Waals surface area contributed by atoms with Crippen LogP contribution in [0.1, 0.15) is 30.7 Å². The molecule has 0 radical (unpaired) electrons. The number of thiophene rings is 1. The second kappa shape index (κ2) is 8.05. The molecule has 2 unspecified atom stereocenters. The largest absolute Gasteiger partial charge is 0.358 e. The minimum Gasteiger partial charge on any atom is -0.358 e. The summed E-state index contributed by atoms with van der Waals surface area (Å²) in [6.07, 6.45) is 2.51. The van der Waals surface area contributed by atoms with E-state index in [9.17, 15) is 4.39 Å². The SMILES string of the molecule is CC(NC(=S)Nc1ccc(F)cc1)C(c1cccs1)N1CCCC1. The monoisotopic (exact) mass is 363 g/mol. The van der Waals surface area contributed by atoms with Crippen LogP contribution in [-0.2, 0) is 0 Å². The van der Waals surface area contributed by atoms with Gasteiger partial charge in [-0.05, 0) is 80.8 Å². The first kappa shape index (κ1) is 17.3. The molecule has 1 aliphatic rings. The molecule has 0 amide bonds. The lowest BCUT2D eigenvalue weighted by molar-refractivity contribution is 0.214. The van der Waals surface area contributed by atoms with E-state index in [0.717, 1.165) is 18.8 Å². The smallest absolute Gasteiger partial charge is 0.171 e. The topological polar surface area (TPSA) is 27.3 Å². The molecule has 1 aliphatic heterocycles. The Labute approximate surface area is 151 Å². The Morgan fingerprint density at radius 1 is 1.21 bits per heavy atom. The van der Waals surface area contributed by atoms with E-state index >= 15 is 0 Å². The van der Waals surface area contributed by atoms with Crippen LogP contribution in [0, 0.1) is 5.82 Å². The zero-order valence-corrected chi connectivity index (χ0v) is 15.3. The van der Waals surface area contributed by atoms with Gasteiger partial charge in [-0.25, -0.2) is 4.39 Å². The van der Waals surface area contributed by atoms with Gasteiger partial charge in [0, 0.05) is 16.6 Å². The van der Waals surface area contributed by atoms with Crippen LogP contribution in [0.5, 0.6) is 0 Å². The Balaban J connectivity index is 1.65. The molecular formula is C18H22FN3S2. The number of halogens is 1. The quantitative estimate of drug-likeness (QED) is 0.770. The van der Waals surface area contributed by atoms with Gasteiger partial charge in [0.1, 0.15) is 5.82 Å². The normalized spacial score (nSPS) is 17.4. The third-order valence-electron chi connectivity index (χ3n) is 4.30. The van der Waals surface area contributed by atoms with Crippen molar-refractivity contribution in [1.82, 2.24) is 10.2 Å². The number of benzene rings is 1. The van der Waals surface area contributed by atoms with Crippen molar-refractivity contribution in [3.05, 3.63) is 52.5 Å². The van der Waals surface area contributed by atoms with Crippen LogP contribution in [0.2, 0.25) is 0 Å². The number of hydrogen-bond donors (Lipinski definition) is 2. The maximum Gasteiger partial charge on any atom is 0.171 e. The molecule has 1 fully saturated rings. The Morgan fingerprint density at radius 3 is 2.54 bits per heavy atom. The van der Waals surface area contributed by atoms with E-state index in [4.69, 9.17) is 12.2 Å². The summed E-state index contributed by atoms with van der Waals surface area (Å²) in [6, 6.07) is 11.0. The molecule has 2 N–H and O–H groups in total. The molecule has 0 spiro atoms. The maximum atomic E-state index is 13.0. The van der Waals surface area contributed by atoms with E-state index in [1.54, 1.807) is 23.5 Å². The van der Waals surface area contributed by atoms with Crippen molar-refractivity contribution in [3.8, 4) is 0 Å². The summed E-state index contributed by atoms with van der Waals surface area (Å²) in [6.45, 7) is 4.43. The molecule has 24 heavy (non-hydrogen) atoms. The van der Waals surface area contributed by atoms with Crippen molar-refractivity contribution < 1.29 is 4.39 Å². The van der Waals surface area contributed by atoms with Crippen LogP contribution in [0.3, 0.4) is 0 Å². The number of nitrogens with one attached hydrogen (secondary N) is 2. The molecule has 2 atom stereocenters. The van der Waals surface area contributed by atoms with Gasteiger partial charge < -0.3 is 10.6 Å². The predicted molar refractivity (Wildman–Crippen MR) is 103 cm³/mol. The fourth-order valence-corrected chi connectivity index (χ4v) is 4.48. The molecule has 0 aliphatic carbocycles. The summed E-state index contributed by atoms with van der Waals surface area (Å²) >= 11 is 7.23. The number of nitrogens with zero attached hydrogens (tertiary/aromatic N) is 1. The van der Waals surface area contributed by atoms with Crippen LogP contribution in [0.15, 0.2) is 41.8 Å². The van der Waals surface area contributed by atoms with Crippen molar-refractivity contribution in [2.45, 2.75) is 31.8 Å². The van der Waals surface area contributed by atoms with Gasteiger partial charge in [-0.3, -0.25) is 4.90 Å². The minimum atomic E-state index is -0.250. The molecule has 2 heterocycles. The zero-order chi connectivity index (χ0) is 16.9. The standard InChI is InChI=1S/C18H22FN3S2/c1-13(20-18(23)21-15-8-6-14(19)7-9-15)17(16-5-4-12-24-16)22-10-2-3-11-22/h4-9,12-13,17H,2-3,10-11H2,1H3,(H2,20,21,23). The van der Waals surface area contributed by atoms with Crippen molar-refractivity contribution in [1.29, 1.82) is 0 Å². The van der Waals surface area contributed by atoms with Gasteiger partial charge in [-0.1, -0.05) is 6.07 Å². The molecule has 3 nitrogen and oxygen atoms in total. The van der Waals surface area contributed by atoms with Crippen LogP contribution in [0.4, 0.5) is 10.1 Å². The first-order chi connectivity index (χ1) is 11.6. The van der Waals surface area contributed by atoms with Gasteiger partial charge in [0.2, 0.25) is 0 Å². The zero-order valence-electron chi connectivity index (χ0n) is 13.7. The van der Waals surface area contributed by atoms with Crippen LogP contribution < -0.4 is 10.6 Å². The molecule has 1 saturated heterocycles. The Morgan fingerprint density at radius 2 is 1.92 bits per heavy atom. The van der Waals surface area contributed by atoms with Crippen LogP contribution >= 0.6 is 23.6 Å². The van der Waals surface area contributed by atoms with Crippen molar-refractivity contribution in [2.24, 2.45) is 0 Å². The van der Waals surface area contributed by atoms with E-state index in [1.807, 2.05) is 0 Å². The highest BCUT2D eigenvalue weighted by Crippen LogP contribution is 2.31. The van der Waals surface area contributed by atoms with Crippen LogP contribution in [-0.4, -0.2) is 29.1 Å². The molecule has 1 aromatic carbocycles. The molecular weight excluding hydrogens is 341 g/mol. The second-order valence-electron chi connectivity index (χ2n) is 6.10. The predicted octanol–water partition coefficient (Wildman–Crippen LogP) is 4.40. The lowest BCUT2D eigenvalue weighted by Crippen LogP contribution is -2.45. The highest BCUT2D eigenvalue weighted by molar-refractivity contribution is 7.80. The number of likely N-dealkylation sites (tertiary alicyclic amines) is 1. The lowest BCUT2D eigenvalue weighted by Gasteiger charge is -2.33. The van der Waals surface area contributed by atoms with E-state index in [-0.39, 0.29) is 11.9 Å². The fourth-order valence-electron chi connectivity index (χ4n) is 3.21. The fraction of sp³-hybridized carbons (Fsp3) is 0.389. The molecule has 0 saturated carbocycles. The second-order valence-corrected chi connectivity index (χ2v) is 7.48. The van der Waals surface area contributed by atoms with E-state index < -0.39 is 0 Å². The molecule has 2 aromatic rings. The molecule has 0 bridgehead atoms. The van der Waals surface area contributed by atoms with Crippen LogP contribution in [0.25, 0.3) is 0 Å². The summed E-state index contributed by atoms with van der Waals surface area (Å²) in [7, 11) is 0. The molecule has 128 valence electrons. The Hall–Kier alpha value is -1.50. The van der Waals surface area contributed by atoms with E-state index in [0.29, 0.717) is 11.2 Å². The summed E-state index contributed by atoms with van der Waals surface area (Å²) in [5.41, 5.74) is 0.787. The van der Waals surface area contributed by atoms with Gasteiger partial charge in [-0.2, -0.15) is 0 Å². The summed E-state index contributed by atoms with van der Waals surface area (Å²) < 4.78 is 13.0. The van der Waals surface area contributed by atoms with Crippen molar-refractivity contribution >= 4 is 34.4 Å². The first-order valence-corrected chi connectivity index (χ1v) is 9.53. The Bertz CT molecular complexity index is 651. The molecule has 6 heteroatoms. The third-order valence-corrected chi connectivity index (χ3v) is 5.47. The number of thiocarbonyl (C=S) groups is 1. The van der Waals surface area contributed by atoms with Gasteiger partial charge in [-0.15, -0.1) is 11.3 Å². The van der Waals surface area contributed by atoms with Gasteiger partial charge in [0.25, 0.3) is 0 Å². The minimum absolute atomic E-state index is 0.183. The highest BCUT2D eigenvalue weighted by Gasteiger charge is 2.29.